The van der Waals surface area contributed by atoms with Crippen molar-refractivity contribution in [2.75, 3.05) is 13.1 Å². The van der Waals surface area contributed by atoms with Crippen molar-refractivity contribution in [1.82, 2.24) is 4.90 Å². The highest BCUT2D eigenvalue weighted by Crippen LogP contribution is 2.26. The number of carbonyl (C=O) groups is 1. The highest BCUT2D eigenvalue weighted by molar-refractivity contribution is 6.21. The van der Waals surface area contributed by atoms with Crippen molar-refractivity contribution in [2.24, 2.45) is 0 Å². The number of hydrogen-bond acceptors (Lipinski definition) is 3. The Kier molecular flexibility index (Phi) is 12.2. The van der Waals surface area contributed by atoms with Crippen molar-refractivity contribution in [2.45, 2.75) is 95.1 Å². The topological polar surface area (TPSA) is 60.8 Å². The first-order valence-corrected chi connectivity index (χ1v) is 10.4. The standard InChI is InChI=1S/C20H36ClNO3/c1-2-3-6-10-17(23)11-9-15-22-16-14-18(21)19(22)12-7-4-5-8-13-20(24)25/h4,7,17-19,23H,2-3,5-6,8-16H2,1H3,(H,24,25)/t17-,18-,19+/m1/s1. The number of aliphatic carboxylic acids is 1. The summed E-state index contributed by atoms with van der Waals surface area (Å²) in [5.74, 6) is -0.729. The lowest BCUT2D eigenvalue weighted by atomic mass is 10.1. The lowest BCUT2D eigenvalue weighted by molar-refractivity contribution is -0.137. The van der Waals surface area contributed by atoms with Gasteiger partial charge in [-0.2, -0.15) is 0 Å². The maximum atomic E-state index is 10.5. The first-order chi connectivity index (χ1) is 12.0. The molecule has 1 heterocycles. The molecule has 0 bridgehead atoms. The minimum Gasteiger partial charge on any atom is -0.481 e. The summed E-state index contributed by atoms with van der Waals surface area (Å²) in [6, 6.07) is 0.370. The van der Waals surface area contributed by atoms with Gasteiger partial charge in [-0.1, -0.05) is 38.3 Å². The molecule has 1 aliphatic rings. The van der Waals surface area contributed by atoms with E-state index in [1.807, 2.05) is 0 Å². The zero-order valence-electron chi connectivity index (χ0n) is 15.7. The van der Waals surface area contributed by atoms with E-state index in [1.54, 1.807) is 0 Å². The van der Waals surface area contributed by atoms with Gasteiger partial charge in [-0.15, -0.1) is 11.6 Å². The molecule has 1 fully saturated rings. The van der Waals surface area contributed by atoms with E-state index in [-0.39, 0.29) is 17.9 Å². The van der Waals surface area contributed by atoms with Crippen LogP contribution in [0, 0.1) is 0 Å². The number of carboxylic acids is 1. The van der Waals surface area contributed by atoms with Crippen molar-refractivity contribution in [3.63, 3.8) is 0 Å². The van der Waals surface area contributed by atoms with E-state index in [4.69, 9.17) is 16.7 Å². The van der Waals surface area contributed by atoms with Crippen LogP contribution in [0.15, 0.2) is 12.2 Å². The third-order valence-corrected chi connectivity index (χ3v) is 5.52. The molecular weight excluding hydrogens is 338 g/mol. The summed E-state index contributed by atoms with van der Waals surface area (Å²) in [6.07, 6.45) is 14.1. The van der Waals surface area contributed by atoms with Crippen LogP contribution in [0.1, 0.15) is 77.6 Å². The second-order valence-corrected chi connectivity index (χ2v) is 7.75. The summed E-state index contributed by atoms with van der Waals surface area (Å²) < 4.78 is 0. The average molecular weight is 374 g/mol. The molecule has 0 aromatic heterocycles. The Morgan fingerprint density at radius 3 is 2.72 bits per heavy atom. The minimum absolute atomic E-state index is 0.159. The SMILES string of the molecule is CCCCC[C@@H](O)CCCN1CC[C@@H](Cl)[C@@H]1CC=CCCCC(=O)O. The van der Waals surface area contributed by atoms with Crippen molar-refractivity contribution >= 4 is 17.6 Å². The summed E-state index contributed by atoms with van der Waals surface area (Å²) in [5.41, 5.74) is 0. The molecule has 2 N–H and O–H groups in total. The number of hydrogen-bond donors (Lipinski definition) is 2. The summed E-state index contributed by atoms with van der Waals surface area (Å²) >= 11 is 6.48. The predicted molar refractivity (Wildman–Crippen MR) is 104 cm³/mol. The van der Waals surface area contributed by atoms with E-state index in [2.05, 4.69) is 24.0 Å². The Labute approximate surface area is 158 Å². The second-order valence-electron chi connectivity index (χ2n) is 7.19. The molecule has 5 heteroatoms. The van der Waals surface area contributed by atoms with Gasteiger partial charge in [0.2, 0.25) is 0 Å². The molecule has 1 saturated heterocycles. The number of likely N-dealkylation sites (tertiary alicyclic amines) is 1. The fourth-order valence-electron chi connectivity index (χ4n) is 3.48. The summed E-state index contributed by atoms with van der Waals surface area (Å²) in [5, 5.41) is 18.9. The van der Waals surface area contributed by atoms with Crippen LogP contribution in [-0.2, 0) is 4.79 Å². The Hall–Kier alpha value is -0.580. The highest BCUT2D eigenvalue weighted by Gasteiger charge is 2.31. The van der Waals surface area contributed by atoms with Gasteiger partial charge < -0.3 is 10.2 Å². The number of unbranched alkanes of at least 4 members (excludes halogenated alkanes) is 3. The molecular formula is C20H36ClNO3. The van der Waals surface area contributed by atoms with Crippen molar-refractivity contribution < 1.29 is 15.0 Å². The van der Waals surface area contributed by atoms with Crippen molar-refractivity contribution in [1.29, 1.82) is 0 Å². The zero-order valence-corrected chi connectivity index (χ0v) is 16.5. The Balaban J connectivity index is 2.21. The number of aliphatic hydroxyl groups is 1. The molecule has 3 atom stereocenters. The van der Waals surface area contributed by atoms with Crippen molar-refractivity contribution in [3.8, 4) is 0 Å². The van der Waals surface area contributed by atoms with E-state index < -0.39 is 5.97 Å². The Bertz CT molecular complexity index is 389. The summed E-state index contributed by atoms with van der Waals surface area (Å²) in [7, 11) is 0. The van der Waals surface area contributed by atoms with Crippen LogP contribution in [0.2, 0.25) is 0 Å². The number of rotatable bonds is 14. The summed E-state index contributed by atoms with van der Waals surface area (Å²) in [6.45, 7) is 4.23. The van der Waals surface area contributed by atoms with E-state index in [0.717, 1.165) is 58.0 Å². The molecule has 0 amide bonds. The molecule has 146 valence electrons. The quantitative estimate of drug-likeness (QED) is 0.265. The maximum Gasteiger partial charge on any atom is 0.303 e. The van der Waals surface area contributed by atoms with Crippen LogP contribution in [0.25, 0.3) is 0 Å². The van der Waals surface area contributed by atoms with Crippen LogP contribution in [0.4, 0.5) is 0 Å². The first-order valence-electron chi connectivity index (χ1n) is 9.97. The van der Waals surface area contributed by atoms with E-state index in [0.29, 0.717) is 12.5 Å². The van der Waals surface area contributed by atoms with Gasteiger partial charge in [0.1, 0.15) is 0 Å². The molecule has 0 spiro atoms. The number of halogens is 1. The van der Waals surface area contributed by atoms with E-state index in [9.17, 15) is 9.90 Å². The first kappa shape index (κ1) is 22.5. The highest BCUT2D eigenvalue weighted by atomic mass is 35.5. The van der Waals surface area contributed by atoms with Gasteiger partial charge in [0.25, 0.3) is 0 Å². The lowest BCUT2D eigenvalue weighted by Gasteiger charge is -2.25. The third kappa shape index (κ3) is 10.2. The lowest BCUT2D eigenvalue weighted by Crippen LogP contribution is -2.34. The predicted octanol–water partition coefficient (Wildman–Crippen LogP) is 4.59. The van der Waals surface area contributed by atoms with Gasteiger partial charge in [0.05, 0.1) is 11.5 Å². The maximum absolute atomic E-state index is 10.5. The fraction of sp³-hybridized carbons (Fsp3) is 0.850. The number of aliphatic hydroxyl groups excluding tert-OH is 1. The molecule has 4 nitrogen and oxygen atoms in total. The van der Waals surface area contributed by atoms with Gasteiger partial charge in [-0.25, -0.2) is 0 Å². The largest absolute Gasteiger partial charge is 0.481 e. The molecule has 1 rings (SSSR count). The van der Waals surface area contributed by atoms with Crippen LogP contribution in [-0.4, -0.2) is 51.7 Å². The number of allylic oxidation sites excluding steroid dienone is 1. The molecule has 0 unspecified atom stereocenters. The van der Waals surface area contributed by atoms with Crippen LogP contribution in [0.5, 0.6) is 0 Å². The van der Waals surface area contributed by atoms with Crippen LogP contribution >= 0.6 is 11.6 Å². The molecule has 0 radical (unpaired) electrons. The van der Waals surface area contributed by atoms with Crippen molar-refractivity contribution in [3.05, 3.63) is 12.2 Å². The monoisotopic (exact) mass is 373 g/mol. The smallest absolute Gasteiger partial charge is 0.303 e. The molecule has 1 aliphatic heterocycles. The van der Waals surface area contributed by atoms with Gasteiger partial charge in [-0.05, 0) is 58.0 Å². The number of nitrogens with zero attached hydrogens (tertiary/aromatic N) is 1. The molecule has 0 saturated carbocycles. The molecule has 0 aromatic rings. The van der Waals surface area contributed by atoms with Gasteiger partial charge in [-0.3, -0.25) is 9.69 Å². The Morgan fingerprint density at radius 1 is 1.24 bits per heavy atom. The van der Waals surface area contributed by atoms with Gasteiger partial charge in [0.15, 0.2) is 0 Å². The summed E-state index contributed by atoms with van der Waals surface area (Å²) in [4.78, 5) is 12.9. The second kappa shape index (κ2) is 13.6. The van der Waals surface area contributed by atoms with Crippen LogP contribution in [0.3, 0.4) is 0 Å². The number of carboxylic acid groups (broad SMARTS) is 1. The molecule has 0 aliphatic carbocycles. The number of alkyl halides is 1. The fourth-order valence-corrected chi connectivity index (χ4v) is 3.84. The minimum atomic E-state index is -0.729. The van der Waals surface area contributed by atoms with Crippen LogP contribution < -0.4 is 0 Å². The van der Waals surface area contributed by atoms with E-state index in [1.165, 1.54) is 12.8 Å². The third-order valence-electron chi connectivity index (χ3n) is 5.01. The average Bonchev–Trinajstić information content (AvgIpc) is 2.91. The normalized spacial score (nSPS) is 22.7. The molecule has 0 aromatic carbocycles. The van der Waals surface area contributed by atoms with Gasteiger partial charge in [0, 0.05) is 12.5 Å². The zero-order chi connectivity index (χ0) is 18.5. The van der Waals surface area contributed by atoms with Gasteiger partial charge >= 0.3 is 5.97 Å². The van der Waals surface area contributed by atoms with E-state index >= 15 is 0 Å². The Morgan fingerprint density at radius 2 is 2.00 bits per heavy atom. The molecule has 25 heavy (non-hydrogen) atoms.